The third kappa shape index (κ3) is 4.27. The van der Waals surface area contributed by atoms with Gasteiger partial charge in [0, 0.05) is 24.0 Å². The quantitative estimate of drug-likeness (QED) is 0.581. The van der Waals surface area contributed by atoms with Gasteiger partial charge in [-0.2, -0.15) is 0 Å². The van der Waals surface area contributed by atoms with Crippen molar-refractivity contribution in [1.29, 1.82) is 0 Å². The summed E-state index contributed by atoms with van der Waals surface area (Å²) in [6.07, 6.45) is 0.526. The Hall–Kier alpha value is -1.15. The molecule has 0 radical (unpaired) electrons. The van der Waals surface area contributed by atoms with Crippen LogP contribution >= 0.6 is 11.8 Å². The number of aromatic nitrogens is 2. The van der Waals surface area contributed by atoms with Crippen LogP contribution in [0.15, 0.2) is 5.16 Å². The van der Waals surface area contributed by atoms with E-state index in [0.29, 0.717) is 18.1 Å². The molecule has 0 bridgehead atoms. The van der Waals surface area contributed by atoms with Crippen LogP contribution in [0.2, 0.25) is 0 Å². The van der Waals surface area contributed by atoms with E-state index in [9.17, 15) is 13.2 Å². The van der Waals surface area contributed by atoms with Crippen LogP contribution in [0.1, 0.15) is 37.2 Å². The Morgan fingerprint density at radius 2 is 1.88 bits per heavy atom. The lowest BCUT2D eigenvalue weighted by atomic mass is 10.2. The SMILES string of the molecule is CCN(C(=O)[C@@H](C)Sc1nc(C)c(C)c(C)n1)[C@H]1CCS(=O)(=O)C1. The lowest BCUT2D eigenvalue weighted by Gasteiger charge is -2.29. The van der Waals surface area contributed by atoms with Crippen LogP contribution in [0.25, 0.3) is 0 Å². The van der Waals surface area contributed by atoms with E-state index in [1.54, 1.807) is 4.90 Å². The van der Waals surface area contributed by atoms with E-state index in [0.717, 1.165) is 17.0 Å². The summed E-state index contributed by atoms with van der Waals surface area (Å²) < 4.78 is 23.4. The van der Waals surface area contributed by atoms with Gasteiger partial charge in [-0.05, 0) is 46.6 Å². The van der Waals surface area contributed by atoms with E-state index in [1.807, 2.05) is 34.6 Å². The maximum absolute atomic E-state index is 12.8. The molecule has 1 amide bonds. The van der Waals surface area contributed by atoms with Crippen molar-refractivity contribution >= 4 is 27.5 Å². The molecule has 2 atom stereocenters. The normalized spacial score (nSPS) is 20.8. The van der Waals surface area contributed by atoms with E-state index < -0.39 is 9.84 Å². The van der Waals surface area contributed by atoms with Crippen LogP contribution in [-0.4, -0.2) is 58.5 Å². The lowest BCUT2D eigenvalue weighted by molar-refractivity contribution is -0.131. The first-order valence-corrected chi connectivity index (χ1v) is 10.8. The number of hydrogen-bond donors (Lipinski definition) is 0. The summed E-state index contributed by atoms with van der Waals surface area (Å²) in [5, 5.41) is 0.237. The molecular formula is C16H25N3O3S2. The van der Waals surface area contributed by atoms with E-state index in [4.69, 9.17) is 0 Å². The average Bonchev–Trinajstić information content (AvgIpc) is 2.85. The molecule has 1 aliphatic heterocycles. The van der Waals surface area contributed by atoms with Gasteiger partial charge in [-0.15, -0.1) is 0 Å². The second kappa shape index (κ2) is 7.39. The largest absolute Gasteiger partial charge is 0.338 e. The minimum Gasteiger partial charge on any atom is -0.338 e. The van der Waals surface area contributed by atoms with Gasteiger partial charge in [0.25, 0.3) is 0 Å². The van der Waals surface area contributed by atoms with Crippen molar-refractivity contribution in [2.45, 2.75) is 57.5 Å². The van der Waals surface area contributed by atoms with Gasteiger partial charge in [-0.25, -0.2) is 18.4 Å². The molecule has 0 unspecified atom stereocenters. The van der Waals surface area contributed by atoms with Gasteiger partial charge in [0.1, 0.15) is 0 Å². The number of amides is 1. The molecule has 0 saturated carbocycles. The summed E-state index contributed by atoms with van der Waals surface area (Å²) in [7, 11) is -3.01. The van der Waals surface area contributed by atoms with Crippen LogP contribution in [0.4, 0.5) is 0 Å². The van der Waals surface area contributed by atoms with Crippen molar-refractivity contribution in [2.24, 2.45) is 0 Å². The van der Waals surface area contributed by atoms with Gasteiger partial charge < -0.3 is 4.90 Å². The summed E-state index contributed by atoms with van der Waals surface area (Å²) in [6.45, 7) is 10.1. The first-order valence-electron chi connectivity index (χ1n) is 8.14. The molecule has 24 heavy (non-hydrogen) atoms. The Labute approximate surface area is 148 Å². The number of rotatable bonds is 5. The predicted octanol–water partition coefficient (Wildman–Crippen LogP) is 1.92. The van der Waals surface area contributed by atoms with Crippen molar-refractivity contribution < 1.29 is 13.2 Å². The number of thioether (sulfide) groups is 1. The second-order valence-corrected chi connectivity index (χ2v) is 9.78. The molecule has 1 aromatic rings. The van der Waals surface area contributed by atoms with Crippen LogP contribution in [0, 0.1) is 20.8 Å². The van der Waals surface area contributed by atoms with E-state index >= 15 is 0 Å². The van der Waals surface area contributed by atoms with Crippen LogP contribution < -0.4 is 0 Å². The van der Waals surface area contributed by atoms with Crippen molar-refractivity contribution in [3.63, 3.8) is 0 Å². The Bertz CT molecular complexity index is 711. The highest BCUT2D eigenvalue weighted by Gasteiger charge is 2.35. The number of carbonyl (C=O) groups is 1. The zero-order chi connectivity index (χ0) is 18.1. The van der Waals surface area contributed by atoms with Crippen molar-refractivity contribution in [2.75, 3.05) is 18.1 Å². The molecule has 0 N–H and O–H groups in total. The summed E-state index contributed by atoms with van der Waals surface area (Å²) in [5.41, 5.74) is 2.89. The van der Waals surface area contributed by atoms with E-state index in [2.05, 4.69) is 9.97 Å². The fourth-order valence-electron chi connectivity index (χ4n) is 2.85. The fourth-order valence-corrected chi connectivity index (χ4v) is 5.51. The Kier molecular flexibility index (Phi) is 5.91. The van der Waals surface area contributed by atoms with E-state index in [-0.39, 0.29) is 28.7 Å². The highest BCUT2D eigenvalue weighted by molar-refractivity contribution is 8.00. The highest BCUT2D eigenvalue weighted by Crippen LogP contribution is 2.25. The van der Waals surface area contributed by atoms with Gasteiger partial charge in [0.05, 0.1) is 16.8 Å². The lowest BCUT2D eigenvalue weighted by Crippen LogP contribution is -2.44. The standard InChI is InChI=1S/C16H25N3O3S2/c1-6-19(14-7-8-24(21,22)9-14)15(20)13(5)23-16-17-11(3)10(2)12(4)18-16/h13-14H,6-9H2,1-5H3/t13-,14+/m1/s1. The van der Waals surface area contributed by atoms with Crippen molar-refractivity contribution in [3.05, 3.63) is 17.0 Å². The smallest absolute Gasteiger partial charge is 0.236 e. The number of aryl methyl sites for hydroxylation is 2. The molecule has 1 aromatic heterocycles. The predicted molar refractivity (Wildman–Crippen MR) is 96.0 cm³/mol. The number of hydrogen-bond acceptors (Lipinski definition) is 6. The molecular weight excluding hydrogens is 346 g/mol. The first-order chi connectivity index (χ1) is 11.1. The molecule has 1 fully saturated rings. The third-order valence-corrected chi connectivity index (χ3v) is 7.21. The maximum atomic E-state index is 12.8. The van der Waals surface area contributed by atoms with Crippen LogP contribution in [-0.2, 0) is 14.6 Å². The molecule has 6 nitrogen and oxygen atoms in total. The van der Waals surface area contributed by atoms with E-state index in [1.165, 1.54) is 11.8 Å². The van der Waals surface area contributed by atoms with Crippen molar-refractivity contribution in [1.82, 2.24) is 14.9 Å². The molecule has 1 aliphatic rings. The molecule has 0 aromatic carbocycles. The second-order valence-electron chi connectivity index (χ2n) is 6.24. The zero-order valence-electron chi connectivity index (χ0n) is 14.9. The van der Waals surface area contributed by atoms with Gasteiger partial charge in [-0.3, -0.25) is 4.79 Å². The summed E-state index contributed by atoms with van der Waals surface area (Å²) >= 11 is 1.33. The highest BCUT2D eigenvalue weighted by atomic mass is 32.2. The topological polar surface area (TPSA) is 80.2 Å². The summed E-state index contributed by atoms with van der Waals surface area (Å²) in [4.78, 5) is 23.4. The maximum Gasteiger partial charge on any atom is 0.236 e. The van der Waals surface area contributed by atoms with Crippen LogP contribution in [0.5, 0.6) is 0 Å². The molecule has 2 heterocycles. The Morgan fingerprint density at radius 3 is 2.33 bits per heavy atom. The molecule has 8 heteroatoms. The number of carbonyl (C=O) groups excluding carboxylic acids is 1. The minimum atomic E-state index is -3.01. The molecule has 1 saturated heterocycles. The number of nitrogens with zero attached hydrogens (tertiary/aromatic N) is 3. The zero-order valence-corrected chi connectivity index (χ0v) is 16.5. The molecule has 0 spiro atoms. The molecule has 134 valence electrons. The van der Waals surface area contributed by atoms with Gasteiger partial charge >= 0.3 is 0 Å². The van der Waals surface area contributed by atoms with Gasteiger partial charge in [0.15, 0.2) is 15.0 Å². The fraction of sp³-hybridized carbons (Fsp3) is 0.688. The van der Waals surface area contributed by atoms with Crippen LogP contribution in [0.3, 0.4) is 0 Å². The van der Waals surface area contributed by atoms with Gasteiger partial charge in [0.2, 0.25) is 5.91 Å². The number of sulfone groups is 1. The molecule has 2 rings (SSSR count). The monoisotopic (exact) mass is 371 g/mol. The first kappa shape index (κ1) is 19.2. The summed E-state index contributed by atoms with van der Waals surface area (Å²) in [5.74, 6) is 0.190. The Morgan fingerprint density at radius 1 is 1.29 bits per heavy atom. The minimum absolute atomic E-state index is 0.0518. The average molecular weight is 372 g/mol. The van der Waals surface area contributed by atoms with Gasteiger partial charge in [-0.1, -0.05) is 11.8 Å². The summed E-state index contributed by atoms with van der Waals surface area (Å²) in [6, 6.07) is -0.210. The van der Waals surface area contributed by atoms with Crippen molar-refractivity contribution in [3.8, 4) is 0 Å². The molecule has 0 aliphatic carbocycles. The Balaban J connectivity index is 2.10. The third-order valence-electron chi connectivity index (χ3n) is 4.51.